The molecule has 0 aliphatic rings. The first-order valence-electron chi connectivity index (χ1n) is 7.75. The van der Waals surface area contributed by atoms with Crippen LogP contribution in [0.5, 0.6) is 0 Å². The summed E-state index contributed by atoms with van der Waals surface area (Å²) >= 11 is 5.95. The Hall–Kier alpha value is -2.77. The summed E-state index contributed by atoms with van der Waals surface area (Å²) in [7, 11) is -3.53. The van der Waals surface area contributed by atoms with Gasteiger partial charge < -0.3 is 10.2 Å². The van der Waals surface area contributed by atoms with Crippen LogP contribution in [0, 0.1) is 0 Å². The summed E-state index contributed by atoms with van der Waals surface area (Å²) in [6.45, 7) is 0. The zero-order chi connectivity index (χ0) is 18.3. The van der Waals surface area contributed by atoms with Crippen LogP contribution in [0.3, 0.4) is 0 Å². The van der Waals surface area contributed by atoms with Crippen molar-refractivity contribution in [1.29, 1.82) is 0 Å². The molecule has 0 bridgehead atoms. The number of nitrogen functional groups attached to an aromatic ring is 1. The number of aromatic nitrogens is 2. The van der Waals surface area contributed by atoms with E-state index in [0.29, 0.717) is 21.6 Å². The fourth-order valence-corrected chi connectivity index (χ4v) is 4.17. The number of halogens is 1. The van der Waals surface area contributed by atoms with Gasteiger partial charge in [0, 0.05) is 16.6 Å². The average Bonchev–Trinajstić information content (AvgIpc) is 3.16. The van der Waals surface area contributed by atoms with Crippen molar-refractivity contribution in [3.8, 4) is 0 Å². The molecule has 2 aromatic carbocycles. The monoisotopic (exact) mass is 387 g/mol. The number of benzene rings is 2. The molecule has 0 saturated heterocycles. The van der Waals surface area contributed by atoms with Crippen molar-refractivity contribution in [2.45, 2.75) is 0 Å². The first-order chi connectivity index (χ1) is 12.4. The molecule has 0 radical (unpaired) electrons. The van der Waals surface area contributed by atoms with E-state index in [1.807, 2.05) is 6.07 Å². The fourth-order valence-electron chi connectivity index (χ4n) is 2.78. The van der Waals surface area contributed by atoms with Crippen molar-refractivity contribution in [2.75, 3.05) is 11.5 Å². The molecule has 0 aliphatic heterocycles. The van der Waals surface area contributed by atoms with Crippen LogP contribution in [-0.4, -0.2) is 23.1 Å². The normalized spacial score (nSPS) is 12.5. The maximum absolute atomic E-state index is 12.6. The van der Waals surface area contributed by atoms with Gasteiger partial charge in [-0.1, -0.05) is 29.8 Å². The van der Waals surface area contributed by atoms with Crippen LogP contribution in [0.4, 0.5) is 6.01 Å². The SMILES string of the molecule is Nc1nc2ccc(C=CCS(=O)(=O)n3ccc4cc(Cl)ccc43)cc2o1. The number of nitrogens with two attached hydrogens (primary N) is 1. The third-order valence-corrected chi connectivity index (χ3v) is 5.73. The Bertz CT molecular complexity index is 1260. The highest BCUT2D eigenvalue weighted by Crippen LogP contribution is 2.22. The molecule has 0 amide bonds. The van der Waals surface area contributed by atoms with E-state index in [1.54, 1.807) is 48.6 Å². The summed E-state index contributed by atoms with van der Waals surface area (Å²) in [6, 6.07) is 12.3. The molecule has 4 aromatic rings. The molecular weight excluding hydrogens is 374 g/mol. The van der Waals surface area contributed by atoms with Crippen molar-refractivity contribution >= 4 is 55.7 Å². The predicted molar refractivity (Wildman–Crippen MR) is 104 cm³/mol. The van der Waals surface area contributed by atoms with Crippen molar-refractivity contribution in [3.63, 3.8) is 0 Å². The highest BCUT2D eigenvalue weighted by Gasteiger charge is 2.14. The van der Waals surface area contributed by atoms with E-state index in [9.17, 15) is 8.42 Å². The second-order valence-corrected chi connectivity index (χ2v) is 8.10. The van der Waals surface area contributed by atoms with Gasteiger partial charge in [0.25, 0.3) is 6.01 Å². The van der Waals surface area contributed by atoms with E-state index in [4.69, 9.17) is 21.8 Å². The quantitative estimate of drug-likeness (QED) is 0.573. The van der Waals surface area contributed by atoms with Gasteiger partial charge in [0.15, 0.2) is 5.58 Å². The molecule has 0 saturated carbocycles. The summed E-state index contributed by atoms with van der Waals surface area (Å²) in [5, 5.41) is 1.34. The molecule has 0 spiro atoms. The topological polar surface area (TPSA) is 91.1 Å². The Morgan fingerprint density at radius 1 is 1.19 bits per heavy atom. The highest BCUT2D eigenvalue weighted by molar-refractivity contribution is 7.90. The lowest BCUT2D eigenvalue weighted by Crippen LogP contribution is -2.14. The van der Waals surface area contributed by atoms with Crippen LogP contribution in [0.25, 0.3) is 28.1 Å². The molecule has 2 aromatic heterocycles. The van der Waals surface area contributed by atoms with Crippen molar-refractivity contribution in [1.82, 2.24) is 8.96 Å². The van der Waals surface area contributed by atoms with Gasteiger partial charge in [-0.3, -0.25) is 0 Å². The molecule has 2 heterocycles. The molecule has 0 atom stereocenters. The van der Waals surface area contributed by atoms with Gasteiger partial charge in [-0.05, 0) is 42.0 Å². The first-order valence-corrected chi connectivity index (χ1v) is 9.73. The summed E-state index contributed by atoms with van der Waals surface area (Å²) in [6.07, 6.45) is 4.85. The summed E-state index contributed by atoms with van der Waals surface area (Å²) in [4.78, 5) is 4.02. The molecule has 132 valence electrons. The smallest absolute Gasteiger partial charge is 0.292 e. The second-order valence-electron chi connectivity index (χ2n) is 5.77. The minimum Gasteiger partial charge on any atom is -0.424 e. The van der Waals surface area contributed by atoms with Crippen LogP contribution in [0.1, 0.15) is 5.56 Å². The highest BCUT2D eigenvalue weighted by atomic mass is 35.5. The number of oxazole rings is 1. The number of nitrogens with zero attached hydrogens (tertiary/aromatic N) is 2. The Balaban J connectivity index is 1.59. The minimum atomic E-state index is -3.53. The third-order valence-electron chi connectivity index (χ3n) is 3.96. The van der Waals surface area contributed by atoms with E-state index >= 15 is 0 Å². The number of hydrogen-bond donors (Lipinski definition) is 1. The molecule has 8 heteroatoms. The Kier molecular flexibility index (Phi) is 3.97. The summed E-state index contributed by atoms with van der Waals surface area (Å²) < 4.78 is 31.8. The lowest BCUT2D eigenvalue weighted by molar-refractivity contribution is 0.592. The van der Waals surface area contributed by atoms with Gasteiger partial charge in [0.1, 0.15) is 5.52 Å². The molecule has 2 N–H and O–H groups in total. The number of hydrogen-bond acceptors (Lipinski definition) is 5. The molecule has 0 unspecified atom stereocenters. The Morgan fingerprint density at radius 2 is 2.04 bits per heavy atom. The lowest BCUT2D eigenvalue weighted by atomic mass is 10.2. The van der Waals surface area contributed by atoms with Crippen LogP contribution < -0.4 is 5.73 Å². The van der Waals surface area contributed by atoms with E-state index in [1.165, 1.54) is 10.2 Å². The largest absolute Gasteiger partial charge is 0.424 e. The Labute approximate surface area is 154 Å². The summed E-state index contributed by atoms with van der Waals surface area (Å²) in [5.41, 5.74) is 8.13. The van der Waals surface area contributed by atoms with Crippen LogP contribution in [0.15, 0.2) is 59.2 Å². The van der Waals surface area contributed by atoms with E-state index in [-0.39, 0.29) is 11.8 Å². The molecule has 0 aliphatic carbocycles. The minimum absolute atomic E-state index is 0.100. The standard InChI is InChI=1S/C18H14ClN3O3S/c19-14-4-6-16-13(11-14)7-8-22(16)26(23,24)9-1-2-12-3-5-15-17(10-12)25-18(20)21-15/h1-8,10-11H,9H2,(H2,20,21). The van der Waals surface area contributed by atoms with Gasteiger partial charge in [-0.2, -0.15) is 4.98 Å². The average molecular weight is 388 g/mol. The van der Waals surface area contributed by atoms with Gasteiger partial charge >= 0.3 is 0 Å². The maximum Gasteiger partial charge on any atom is 0.292 e. The third kappa shape index (κ3) is 3.07. The van der Waals surface area contributed by atoms with E-state index in [0.717, 1.165) is 10.9 Å². The van der Waals surface area contributed by atoms with Crippen molar-refractivity contribution < 1.29 is 12.8 Å². The fraction of sp³-hybridized carbons (Fsp3) is 0.0556. The van der Waals surface area contributed by atoms with Gasteiger partial charge in [0.2, 0.25) is 10.0 Å². The van der Waals surface area contributed by atoms with Crippen LogP contribution >= 0.6 is 11.6 Å². The molecular formula is C18H14ClN3O3S. The molecule has 26 heavy (non-hydrogen) atoms. The number of fused-ring (bicyclic) bond motifs is 2. The molecule has 0 fully saturated rings. The summed E-state index contributed by atoms with van der Waals surface area (Å²) in [5.74, 6) is -0.143. The van der Waals surface area contributed by atoms with Gasteiger partial charge in [0.05, 0.1) is 11.3 Å². The van der Waals surface area contributed by atoms with Gasteiger partial charge in [-0.25, -0.2) is 12.4 Å². The zero-order valence-corrected chi connectivity index (χ0v) is 15.0. The van der Waals surface area contributed by atoms with Crippen molar-refractivity contribution in [3.05, 3.63) is 65.3 Å². The van der Waals surface area contributed by atoms with Crippen molar-refractivity contribution in [2.24, 2.45) is 0 Å². The second kappa shape index (κ2) is 6.19. The van der Waals surface area contributed by atoms with Crippen LogP contribution in [-0.2, 0) is 10.0 Å². The van der Waals surface area contributed by atoms with Crippen LogP contribution in [0.2, 0.25) is 5.02 Å². The molecule has 4 rings (SSSR count). The predicted octanol–water partition coefficient (Wildman–Crippen LogP) is 3.91. The van der Waals surface area contributed by atoms with E-state index in [2.05, 4.69) is 4.98 Å². The van der Waals surface area contributed by atoms with E-state index < -0.39 is 10.0 Å². The zero-order valence-electron chi connectivity index (χ0n) is 13.5. The van der Waals surface area contributed by atoms with Gasteiger partial charge in [-0.15, -0.1) is 0 Å². The lowest BCUT2D eigenvalue weighted by Gasteiger charge is -2.05. The Morgan fingerprint density at radius 3 is 2.88 bits per heavy atom. The number of rotatable bonds is 4. The first kappa shape index (κ1) is 16.7. The maximum atomic E-state index is 12.6. The molecule has 6 nitrogen and oxygen atoms in total. The number of anilines is 1.